The van der Waals surface area contributed by atoms with Crippen LogP contribution in [0, 0.1) is 0 Å². The fraction of sp³-hybridized carbons (Fsp3) is 0.500. The molecular weight excluding hydrogens is 189 g/mol. The first-order valence-electron chi connectivity index (χ1n) is 2.86. The van der Waals surface area contributed by atoms with Gasteiger partial charge in [0.25, 0.3) is 5.91 Å². The fourth-order valence-electron chi connectivity index (χ4n) is 0.350. The van der Waals surface area contributed by atoms with Crippen LogP contribution >= 0.6 is 23.2 Å². The van der Waals surface area contributed by atoms with Crippen molar-refractivity contribution in [1.82, 2.24) is 5.06 Å². The Labute approximate surface area is 75.5 Å². The van der Waals surface area contributed by atoms with Crippen LogP contribution in [0.3, 0.4) is 0 Å². The SMILES string of the molecule is CON(C)C(=O)/C=C/C(Cl)Cl. The lowest BCUT2D eigenvalue weighted by molar-refractivity contribution is -0.162. The molecule has 1 amide bonds. The Morgan fingerprint density at radius 2 is 2.18 bits per heavy atom. The second kappa shape index (κ2) is 5.41. The van der Waals surface area contributed by atoms with Crippen LogP contribution in [0.5, 0.6) is 0 Å². The van der Waals surface area contributed by atoms with Gasteiger partial charge in [-0.25, -0.2) is 5.06 Å². The maximum atomic E-state index is 10.9. The van der Waals surface area contributed by atoms with Crippen LogP contribution in [0.25, 0.3) is 0 Å². The molecule has 0 fully saturated rings. The standard InChI is InChI=1S/C6H9Cl2NO2/c1-9(11-2)6(10)4-3-5(7)8/h3-5H,1-2H3/b4-3+. The second-order valence-electron chi connectivity index (χ2n) is 1.71. The zero-order valence-electron chi connectivity index (χ0n) is 6.25. The van der Waals surface area contributed by atoms with Gasteiger partial charge in [0, 0.05) is 13.1 Å². The average Bonchev–Trinajstić information content (AvgIpc) is 1.98. The Kier molecular flexibility index (Phi) is 5.28. The fourth-order valence-corrected chi connectivity index (χ4v) is 0.495. The molecule has 0 aromatic carbocycles. The van der Waals surface area contributed by atoms with E-state index in [-0.39, 0.29) is 5.91 Å². The third kappa shape index (κ3) is 5.07. The van der Waals surface area contributed by atoms with Gasteiger partial charge in [-0.05, 0) is 6.08 Å². The Bertz CT molecular complexity index is 159. The Morgan fingerprint density at radius 1 is 1.64 bits per heavy atom. The van der Waals surface area contributed by atoms with E-state index < -0.39 is 4.84 Å². The molecule has 0 unspecified atom stereocenters. The maximum Gasteiger partial charge on any atom is 0.269 e. The van der Waals surface area contributed by atoms with Crippen LogP contribution in [-0.4, -0.2) is 30.0 Å². The molecule has 0 atom stereocenters. The second-order valence-corrected chi connectivity index (χ2v) is 2.88. The third-order valence-corrected chi connectivity index (χ3v) is 1.26. The summed E-state index contributed by atoms with van der Waals surface area (Å²) in [5.74, 6) is -0.307. The summed E-state index contributed by atoms with van der Waals surface area (Å²) in [5, 5.41) is 1.06. The minimum atomic E-state index is -0.663. The number of hydrogen-bond acceptors (Lipinski definition) is 2. The maximum absolute atomic E-state index is 10.9. The highest BCUT2D eigenvalue weighted by atomic mass is 35.5. The molecule has 0 saturated carbocycles. The molecule has 0 aromatic heterocycles. The molecule has 0 heterocycles. The van der Waals surface area contributed by atoms with Crippen LogP contribution in [0.2, 0.25) is 0 Å². The highest BCUT2D eigenvalue weighted by Crippen LogP contribution is 2.02. The first-order chi connectivity index (χ1) is 5.07. The monoisotopic (exact) mass is 197 g/mol. The van der Waals surface area contributed by atoms with E-state index in [4.69, 9.17) is 23.2 Å². The number of allylic oxidation sites excluding steroid dienone is 1. The number of rotatable bonds is 3. The van der Waals surface area contributed by atoms with Crippen molar-refractivity contribution >= 4 is 29.1 Å². The summed E-state index contributed by atoms with van der Waals surface area (Å²) in [7, 11) is 2.88. The van der Waals surface area contributed by atoms with Crippen molar-refractivity contribution in [1.29, 1.82) is 0 Å². The van der Waals surface area contributed by atoms with Gasteiger partial charge in [0.1, 0.15) is 4.84 Å². The number of likely N-dealkylation sites (N-methyl/N-ethyl adjacent to an activating group) is 1. The van der Waals surface area contributed by atoms with Gasteiger partial charge in [-0.1, -0.05) is 0 Å². The topological polar surface area (TPSA) is 29.5 Å². The largest absolute Gasteiger partial charge is 0.274 e. The predicted molar refractivity (Wildman–Crippen MR) is 44.4 cm³/mol. The summed E-state index contributed by atoms with van der Waals surface area (Å²) in [6.45, 7) is 0. The van der Waals surface area contributed by atoms with Crippen molar-refractivity contribution in [3.05, 3.63) is 12.2 Å². The normalized spacial score (nSPS) is 11.0. The van der Waals surface area contributed by atoms with E-state index in [1.165, 1.54) is 26.3 Å². The van der Waals surface area contributed by atoms with Crippen molar-refractivity contribution < 1.29 is 9.63 Å². The van der Waals surface area contributed by atoms with Crippen LogP contribution in [0.1, 0.15) is 0 Å². The minimum absolute atomic E-state index is 0.307. The van der Waals surface area contributed by atoms with Crippen molar-refractivity contribution in [3.63, 3.8) is 0 Å². The van der Waals surface area contributed by atoms with Crippen LogP contribution in [0.15, 0.2) is 12.2 Å². The van der Waals surface area contributed by atoms with E-state index in [1.807, 2.05) is 0 Å². The van der Waals surface area contributed by atoms with Crippen molar-refractivity contribution in [2.75, 3.05) is 14.2 Å². The van der Waals surface area contributed by atoms with Crippen molar-refractivity contribution in [3.8, 4) is 0 Å². The third-order valence-electron chi connectivity index (χ3n) is 0.969. The number of carbonyl (C=O) groups excluding carboxylic acids is 1. The lowest BCUT2D eigenvalue weighted by Crippen LogP contribution is -2.23. The Hall–Kier alpha value is -0.250. The van der Waals surface area contributed by atoms with Gasteiger partial charge >= 0.3 is 0 Å². The number of alkyl halides is 2. The van der Waals surface area contributed by atoms with E-state index in [0.717, 1.165) is 5.06 Å². The molecule has 0 aliphatic heterocycles. The van der Waals surface area contributed by atoms with Crippen molar-refractivity contribution in [2.45, 2.75) is 4.84 Å². The number of carbonyl (C=O) groups is 1. The highest BCUT2D eigenvalue weighted by Gasteiger charge is 2.02. The van der Waals surface area contributed by atoms with E-state index in [0.29, 0.717) is 0 Å². The predicted octanol–water partition coefficient (Wildman–Crippen LogP) is 1.37. The quantitative estimate of drug-likeness (QED) is 0.389. The first-order valence-corrected chi connectivity index (χ1v) is 3.73. The lowest BCUT2D eigenvalue weighted by Gasteiger charge is -2.09. The highest BCUT2D eigenvalue weighted by molar-refractivity contribution is 6.45. The number of nitrogens with zero attached hydrogens (tertiary/aromatic N) is 1. The van der Waals surface area contributed by atoms with Crippen LogP contribution < -0.4 is 0 Å². The molecule has 64 valence electrons. The van der Waals surface area contributed by atoms with Crippen LogP contribution in [0.4, 0.5) is 0 Å². The summed E-state index contributed by atoms with van der Waals surface area (Å²) in [4.78, 5) is 14.8. The average molecular weight is 198 g/mol. The molecule has 11 heavy (non-hydrogen) atoms. The van der Waals surface area contributed by atoms with Gasteiger partial charge in [-0.2, -0.15) is 0 Å². The number of halogens is 2. The molecule has 0 spiro atoms. The van der Waals surface area contributed by atoms with Gasteiger partial charge in [0.15, 0.2) is 0 Å². The molecule has 0 saturated heterocycles. The van der Waals surface area contributed by atoms with Gasteiger partial charge in [0.2, 0.25) is 0 Å². The van der Waals surface area contributed by atoms with E-state index in [9.17, 15) is 4.79 Å². The molecule has 0 rings (SSSR count). The van der Waals surface area contributed by atoms with Crippen molar-refractivity contribution in [2.24, 2.45) is 0 Å². The lowest BCUT2D eigenvalue weighted by atomic mass is 10.5. The van der Waals surface area contributed by atoms with Gasteiger partial charge in [0.05, 0.1) is 7.11 Å². The first kappa shape index (κ1) is 10.8. The molecule has 0 aromatic rings. The Morgan fingerprint density at radius 3 is 2.55 bits per heavy atom. The van der Waals surface area contributed by atoms with Gasteiger partial charge in [-0.15, -0.1) is 23.2 Å². The number of hydrogen-bond donors (Lipinski definition) is 0. The molecule has 0 aliphatic rings. The molecule has 0 bridgehead atoms. The summed E-state index contributed by atoms with van der Waals surface area (Å²) in [5.41, 5.74) is 0. The summed E-state index contributed by atoms with van der Waals surface area (Å²) >= 11 is 10.7. The van der Waals surface area contributed by atoms with E-state index in [1.54, 1.807) is 0 Å². The summed E-state index contributed by atoms with van der Waals surface area (Å²) in [6, 6.07) is 0. The molecular formula is C6H9Cl2NO2. The molecule has 5 heteroatoms. The minimum Gasteiger partial charge on any atom is -0.274 e. The molecule has 0 radical (unpaired) electrons. The zero-order chi connectivity index (χ0) is 8.85. The van der Waals surface area contributed by atoms with E-state index in [2.05, 4.69) is 4.84 Å². The van der Waals surface area contributed by atoms with E-state index >= 15 is 0 Å². The number of amides is 1. The van der Waals surface area contributed by atoms with Crippen LogP contribution in [-0.2, 0) is 9.63 Å². The molecule has 0 aliphatic carbocycles. The van der Waals surface area contributed by atoms with Gasteiger partial charge in [-0.3, -0.25) is 9.63 Å². The number of hydroxylamine groups is 2. The Balaban J connectivity index is 3.86. The smallest absolute Gasteiger partial charge is 0.269 e. The zero-order valence-corrected chi connectivity index (χ0v) is 7.76. The molecule has 3 nitrogen and oxygen atoms in total. The molecule has 0 N–H and O–H groups in total. The summed E-state index contributed by atoms with van der Waals surface area (Å²) in [6.07, 6.45) is 2.61. The summed E-state index contributed by atoms with van der Waals surface area (Å²) < 4.78 is 0. The van der Waals surface area contributed by atoms with Gasteiger partial charge < -0.3 is 0 Å².